The quantitative estimate of drug-likeness (QED) is 0.594. The summed E-state index contributed by atoms with van der Waals surface area (Å²) in [5.41, 5.74) is 0.734. The van der Waals surface area contributed by atoms with Crippen LogP contribution in [0.3, 0.4) is 0 Å². The number of nitrogens with one attached hydrogen (secondary N) is 1. The van der Waals surface area contributed by atoms with E-state index in [-0.39, 0.29) is 36.1 Å². The molecule has 1 aliphatic rings. The Morgan fingerprint density at radius 2 is 2.04 bits per heavy atom. The van der Waals surface area contributed by atoms with Crippen LogP contribution in [0, 0.1) is 5.82 Å². The van der Waals surface area contributed by atoms with Gasteiger partial charge in [-0.3, -0.25) is 14.5 Å². The molecule has 0 spiro atoms. The van der Waals surface area contributed by atoms with Crippen molar-refractivity contribution in [2.75, 3.05) is 13.1 Å². The number of aromatic hydroxyl groups is 1. The van der Waals surface area contributed by atoms with Gasteiger partial charge >= 0.3 is 0 Å². The van der Waals surface area contributed by atoms with Gasteiger partial charge in [0.05, 0.1) is 10.5 Å². The monoisotopic (exact) mass is 402 g/mol. The summed E-state index contributed by atoms with van der Waals surface area (Å²) in [4.78, 5) is 26.4. The zero-order chi connectivity index (χ0) is 19.4. The third-order valence-corrected chi connectivity index (χ3v) is 5.17. The van der Waals surface area contributed by atoms with Crippen LogP contribution in [0.1, 0.15) is 15.9 Å². The number of phenols is 1. The van der Waals surface area contributed by atoms with Crippen molar-refractivity contribution in [3.8, 4) is 5.75 Å². The Kier molecular flexibility index (Phi) is 5.88. The predicted molar refractivity (Wildman–Crippen MR) is 107 cm³/mol. The molecule has 8 heteroatoms. The van der Waals surface area contributed by atoms with Crippen LogP contribution in [0.5, 0.6) is 5.75 Å². The van der Waals surface area contributed by atoms with E-state index < -0.39 is 5.91 Å². The fourth-order valence-corrected chi connectivity index (χ4v) is 3.79. The lowest BCUT2D eigenvalue weighted by molar-refractivity contribution is -0.122. The number of carbonyl (C=O) groups is 2. The normalized spacial score (nSPS) is 15.4. The summed E-state index contributed by atoms with van der Waals surface area (Å²) in [5.74, 6) is -1.22. The molecule has 138 valence electrons. The second-order valence-corrected chi connectivity index (χ2v) is 7.34. The smallest absolute Gasteiger partial charge is 0.266 e. The van der Waals surface area contributed by atoms with Gasteiger partial charge in [0.15, 0.2) is 0 Å². The first kappa shape index (κ1) is 19.1. The minimum atomic E-state index is -0.436. The van der Waals surface area contributed by atoms with E-state index in [0.717, 1.165) is 11.8 Å². The molecule has 0 atom stereocenters. The number of thioether (sulfide) groups is 1. The summed E-state index contributed by atoms with van der Waals surface area (Å²) < 4.78 is 13.7. The van der Waals surface area contributed by atoms with E-state index in [1.165, 1.54) is 29.2 Å². The Bertz CT molecular complexity index is 946. The Morgan fingerprint density at radius 3 is 2.78 bits per heavy atom. The molecule has 1 fully saturated rings. The zero-order valence-corrected chi connectivity index (χ0v) is 15.6. The molecule has 0 unspecified atom stereocenters. The number of amides is 2. The van der Waals surface area contributed by atoms with Crippen LogP contribution in [0.4, 0.5) is 4.39 Å². The van der Waals surface area contributed by atoms with Gasteiger partial charge in [0.25, 0.3) is 11.8 Å². The van der Waals surface area contributed by atoms with Gasteiger partial charge in [-0.15, -0.1) is 0 Å². The molecule has 0 aromatic heterocycles. The Hall–Kier alpha value is -2.71. The minimum Gasteiger partial charge on any atom is -0.507 e. The van der Waals surface area contributed by atoms with E-state index in [2.05, 4.69) is 5.32 Å². The first-order valence-corrected chi connectivity index (χ1v) is 9.25. The van der Waals surface area contributed by atoms with Crippen LogP contribution in [0.25, 0.3) is 6.08 Å². The second-order valence-electron chi connectivity index (χ2n) is 5.66. The summed E-state index contributed by atoms with van der Waals surface area (Å²) in [5, 5.41) is 12.3. The van der Waals surface area contributed by atoms with Crippen LogP contribution in [0.2, 0.25) is 0 Å². The summed E-state index contributed by atoms with van der Waals surface area (Å²) in [6.07, 6.45) is 1.59. The third-order valence-electron chi connectivity index (χ3n) is 3.79. The van der Waals surface area contributed by atoms with Gasteiger partial charge in [-0.2, -0.15) is 0 Å². The fourth-order valence-electron chi connectivity index (χ4n) is 2.48. The third kappa shape index (κ3) is 4.53. The van der Waals surface area contributed by atoms with Crippen molar-refractivity contribution in [3.05, 3.63) is 70.4 Å². The molecule has 2 aromatic rings. The Labute approximate surface area is 164 Å². The highest BCUT2D eigenvalue weighted by Gasteiger charge is 2.31. The van der Waals surface area contributed by atoms with Gasteiger partial charge in [-0.25, -0.2) is 4.39 Å². The highest BCUT2D eigenvalue weighted by Crippen LogP contribution is 2.32. The summed E-state index contributed by atoms with van der Waals surface area (Å²) in [6.45, 7) is 0.372. The number of hydrogen-bond acceptors (Lipinski definition) is 5. The molecule has 2 aromatic carbocycles. The highest BCUT2D eigenvalue weighted by molar-refractivity contribution is 8.26. The van der Waals surface area contributed by atoms with Crippen molar-refractivity contribution in [2.24, 2.45) is 0 Å². The number of carbonyl (C=O) groups excluding carboxylic acids is 2. The lowest BCUT2D eigenvalue weighted by Gasteiger charge is -2.15. The van der Waals surface area contributed by atoms with Crippen molar-refractivity contribution in [1.29, 1.82) is 0 Å². The highest BCUT2D eigenvalue weighted by atomic mass is 32.2. The van der Waals surface area contributed by atoms with E-state index >= 15 is 0 Å². The Balaban J connectivity index is 1.61. The topological polar surface area (TPSA) is 69.6 Å². The molecule has 1 heterocycles. The number of rotatable bonds is 5. The molecule has 27 heavy (non-hydrogen) atoms. The number of hydrogen-bond donors (Lipinski definition) is 2. The van der Waals surface area contributed by atoms with E-state index in [1.54, 1.807) is 30.3 Å². The van der Waals surface area contributed by atoms with Crippen LogP contribution in [-0.2, 0) is 4.79 Å². The van der Waals surface area contributed by atoms with Gasteiger partial charge in [0, 0.05) is 13.1 Å². The molecule has 1 saturated heterocycles. The first-order chi connectivity index (χ1) is 13.0. The molecule has 2 N–H and O–H groups in total. The summed E-state index contributed by atoms with van der Waals surface area (Å²) in [6, 6.07) is 12.1. The number of nitrogens with zero attached hydrogens (tertiary/aromatic N) is 1. The molecular formula is C19H15FN2O3S2. The maximum atomic E-state index is 13.3. The summed E-state index contributed by atoms with van der Waals surface area (Å²) >= 11 is 6.36. The molecule has 0 bridgehead atoms. The number of halogens is 1. The van der Waals surface area contributed by atoms with Crippen LogP contribution in [-0.4, -0.2) is 39.2 Å². The largest absolute Gasteiger partial charge is 0.507 e. The van der Waals surface area contributed by atoms with E-state index in [4.69, 9.17) is 12.2 Å². The molecule has 0 saturated carbocycles. The molecule has 5 nitrogen and oxygen atoms in total. The van der Waals surface area contributed by atoms with Gasteiger partial charge in [-0.1, -0.05) is 48.2 Å². The first-order valence-electron chi connectivity index (χ1n) is 8.03. The number of para-hydroxylation sites is 1. The summed E-state index contributed by atoms with van der Waals surface area (Å²) in [7, 11) is 0. The Morgan fingerprint density at radius 1 is 1.26 bits per heavy atom. The van der Waals surface area contributed by atoms with Crippen molar-refractivity contribution in [1.82, 2.24) is 10.2 Å². The SMILES string of the molecule is O=C(NCCN1C(=O)/C(=C/c2cccc(F)c2)SC1=S)c1ccccc1O. The van der Waals surface area contributed by atoms with Crippen molar-refractivity contribution >= 4 is 46.2 Å². The number of thiocarbonyl (C=S) groups is 1. The predicted octanol–water partition coefficient (Wildman–Crippen LogP) is 3.16. The molecule has 2 amide bonds. The van der Waals surface area contributed by atoms with Crippen LogP contribution >= 0.6 is 24.0 Å². The fraction of sp³-hybridized carbons (Fsp3) is 0.105. The van der Waals surface area contributed by atoms with Crippen LogP contribution < -0.4 is 5.32 Å². The average molecular weight is 402 g/mol. The van der Waals surface area contributed by atoms with Crippen LogP contribution in [0.15, 0.2) is 53.4 Å². The lowest BCUT2D eigenvalue weighted by Crippen LogP contribution is -2.37. The zero-order valence-electron chi connectivity index (χ0n) is 14.0. The van der Waals surface area contributed by atoms with Crippen molar-refractivity contribution < 1.29 is 19.1 Å². The van der Waals surface area contributed by atoms with Gasteiger partial charge in [0.2, 0.25) is 0 Å². The van der Waals surface area contributed by atoms with Gasteiger partial charge in [0.1, 0.15) is 15.9 Å². The number of benzene rings is 2. The standard InChI is InChI=1S/C19H15FN2O3S2/c20-13-5-3-4-12(10-13)11-16-18(25)22(19(26)27-16)9-8-21-17(24)14-6-1-2-7-15(14)23/h1-7,10-11,23H,8-9H2,(H,21,24)/b16-11-. The lowest BCUT2D eigenvalue weighted by atomic mass is 10.2. The van der Waals surface area contributed by atoms with Crippen molar-refractivity contribution in [3.63, 3.8) is 0 Å². The average Bonchev–Trinajstić information content (AvgIpc) is 2.89. The molecule has 3 rings (SSSR count). The van der Waals surface area contributed by atoms with E-state index in [9.17, 15) is 19.1 Å². The van der Waals surface area contributed by atoms with Gasteiger partial charge < -0.3 is 10.4 Å². The molecule has 1 aliphatic heterocycles. The van der Waals surface area contributed by atoms with Gasteiger partial charge in [-0.05, 0) is 35.9 Å². The van der Waals surface area contributed by atoms with Crippen molar-refractivity contribution in [2.45, 2.75) is 0 Å². The van der Waals surface area contributed by atoms with E-state index in [1.807, 2.05) is 0 Å². The molecular weight excluding hydrogens is 387 g/mol. The van der Waals surface area contributed by atoms with E-state index in [0.29, 0.717) is 14.8 Å². The second kappa shape index (κ2) is 8.32. The minimum absolute atomic E-state index is 0.112. The maximum absolute atomic E-state index is 13.3. The molecule has 0 radical (unpaired) electrons. The maximum Gasteiger partial charge on any atom is 0.266 e. The molecule has 0 aliphatic carbocycles. The number of phenolic OH excluding ortho intramolecular Hbond substituents is 1.